The zero-order valence-electron chi connectivity index (χ0n) is 16.1. The molecule has 0 saturated heterocycles. The van der Waals surface area contributed by atoms with Crippen LogP contribution in [-0.4, -0.2) is 25.2 Å². The summed E-state index contributed by atoms with van der Waals surface area (Å²) >= 11 is 12.4. The fourth-order valence-corrected chi connectivity index (χ4v) is 5.23. The highest BCUT2D eigenvalue weighted by atomic mass is 35.5. The molecule has 0 aromatic heterocycles. The Hall–Kier alpha value is -1.83. The van der Waals surface area contributed by atoms with Gasteiger partial charge in [-0.25, -0.2) is 0 Å². The van der Waals surface area contributed by atoms with Crippen molar-refractivity contribution in [1.82, 2.24) is 0 Å². The van der Waals surface area contributed by atoms with Gasteiger partial charge in [0.25, 0.3) is 5.69 Å². The molecule has 0 bridgehead atoms. The lowest BCUT2D eigenvalue weighted by Crippen LogP contribution is -2.16. The van der Waals surface area contributed by atoms with Gasteiger partial charge in [-0.3, -0.25) is 14.7 Å². The number of rotatable bonds is 10. The number of nitrogens with one attached hydrogen (secondary N) is 1. The highest BCUT2D eigenvalue weighted by Gasteiger charge is 2.39. The number of non-ortho nitro benzene ring substituents is 1. The molecule has 0 heterocycles. The van der Waals surface area contributed by atoms with Crippen molar-refractivity contribution in [1.29, 1.82) is 0 Å². The van der Waals surface area contributed by atoms with E-state index in [2.05, 4.69) is 5.32 Å². The minimum Gasteiger partial charge on any atom is -0.495 e. The van der Waals surface area contributed by atoms with E-state index in [9.17, 15) is 14.7 Å². The van der Waals surface area contributed by atoms with Crippen molar-refractivity contribution in [3.05, 3.63) is 62.1 Å². The lowest BCUT2D eigenvalue weighted by Gasteiger charge is -2.29. The van der Waals surface area contributed by atoms with Gasteiger partial charge in [0.15, 0.2) is 5.78 Å². The summed E-state index contributed by atoms with van der Waals surface area (Å²) in [5.41, 5.74) is 0.750. The maximum absolute atomic E-state index is 13.6. The summed E-state index contributed by atoms with van der Waals surface area (Å²) in [5.74, 6) is -0.773. The predicted octanol–water partition coefficient (Wildman–Crippen LogP) is 6.29. The van der Waals surface area contributed by atoms with E-state index in [0.29, 0.717) is 16.3 Å². The fourth-order valence-electron chi connectivity index (χ4n) is 2.71. The largest absolute Gasteiger partial charge is 0.495 e. The minimum atomic E-state index is -3.77. The third-order valence-electron chi connectivity index (χ3n) is 3.85. The normalized spacial score (nSPS) is 12.4. The lowest BCUT2D eigenvalue weighted by molar-refractivity contribution is -0.384. The number of nitro benzene ring substituents is 1. The summed E-state index contributed by atoms with van der Waals surface area (Å²) in [6.07, 6.45) is 0. The third kappa shape index (κ3) is 5.62. The molecule has 0 spiro atoms. The zero-order valence-corrected chi connectivity index (χ0v) is 18.5. The van der Waals surface area contributed by atoms with Crippen molar-refractivity contribution in [3.63, 3.8) is 0 Å². The summed E-state index contributed by atoms with van der Waals surface area (Å²) in [6, 6.07) is 8.69. The number of hydrogen-bond acceptors (Lipinski definition) is 7. The van der Waals surface area contributed by atoms with E-state index < -0.39 is 18.3 Å². The molecule has 2 aromatic carbocycles. The molecule has 1 N–H and O–H groups in total. The smallest absolute Gasteiger partial charge is 0.357 e. The molecule has 2 rings (SSSR count). The van der Waals surface area contributed by atoms with Gasteiger partial charge < -0.3 is 19.1 Å². The number of benzene rings is 2. The number of nitrogens with zero attached hydrogens (tertiary/aromatic N) is 1. The topological polar surface area (TPSA) is 99.9 Å². The molecule has 0 radical (unpaired) electrons. The van der Waals surface area contributed by atoms with Gasteiger partial charge in [-0.2, -0.15) is 0 Å². The van der Waals surface area contributed by atoms with Gasteiger partial charge in [0.05, 0.1) is 30.3 Å². The lowest BCUT2D eigenvalue weighted by atomic mass is 10.2. The Morgan fingerprint density at radius 1 is 1.14 bits per heavy atom. The van der Waals surface area contributed by atoms with Crippen molar-refractivity contribution in [2.45, 2.75) is 19.6 Å². The molecule has 0 amide bonds. The summed E-state index contributed by atoms with van der Waals surface area (Å²) in [4.78, 5) is 10.4. The summed E-state index contributed by atoms with van der Waals surface area (Å²) < 4.78 is 30.1. The molecule has 2 aromatic rings. The first-order valence-electron chi connectivity index (χ1n) is 8.68. The van der Waals surface area contributed by atoms with Crippen LogP contribution in [-0.2, 0) is 13.6 Å². The van der Waals surface area contributed by atoms with Gasteiger partial charge in [0.1, 0.15) is 5.75 Å². The van der Waals surface area contributed by atoms with Gasteiger partial charge in [-0.05, 0) is 38.1 Å². The Kier molecular flexibility index (Phi) is 8.31. The van der Waals surface area contributed by atoms with E-state index in [1.54, 1.807) is 19.9 Å². The average Bonchev–Trinajstić information content (AvgIpc) is 2.66. The number of hydrogen-bond donors (Lipinski definition) is 1. The Balaban J connectivity index is 2.60. The van der Waals surface area contributed by atoms with Crippen LogP contribution in [0.5, 0.6) is 5.75 Å². The van der Waals surface area contributed by atoms with Crippen LogP contribution in [0.3, 0.4) is 0 Å². The fraction of sp³-hybridized carbons (Fsp3) is 0.333. The third-order valence-corrected chi connectivity index (χ3v) is 6.63. The first-order valence-corrected chi connectivity index (χ1v) is 11.0. The van der Waals surface area contributed by atoms with Crippen LogP contribution in [0.4, 0.5) is 11.4 Å². The molecule has 8 nitrogen and oxygen atoms in total. The molecular formula is C18H21Cl2N2O6P. The highest BCUT2D eigenvalue weighted by Crippen LogP contribution is 2.62. The maximum atomic E-state index is 13.6. The van der Waals surface area contributed by atoms with E-state index in [-0.39, 0.29) is 29.7 Å². The zero-order chi connectivity index (χ0) is 21.6. The van der Waals surface area contributed by atoms with Gasteiger partial charge >= 0.3 is 7.60 Å². The van der Waals surface area contributed by atoms with Crippen LogP contribution in [0.25, 0.3) is 0 Å². The molecule has 11 heteroatoms. The Morgan fingerprint density at radius 2 is 1.72 bits per heavy atom. The van der Waals surface area contributed by atoms with Crippen molar-refractivity contribution in [3.8, 4) is 5.75 Å². The Labute approximate surface area is 178 Å². The first kappa shape index (κ1) is 23.4. The van der Waals surface area contributed by atoms with Crippen LogP contribution >= 0.6 is 30.8 Å². The van der Waals surface area contributed by atoms with Gasteiger partial charge in [-0.15, -0.1) is 0 Å². The van der Waals surface area contributed by atoms with Crippen molar-refractivity contribution in [2.75, 3.05) is 25.6 Å². The van der Waals surface area contributed by atoms with Crippen molar-refractivity contribution < 1.29 is 23.3 Å². The van der Waals surface area contributed by atoms with Crippen LogP contribution in [0.15, 0.2) is 36.4 Å². The number of nitro groups is 1. The van der Waals surface area contributed by atoms with Crippen LogP contribution in [0, 0.1) is 10.1 Å². The predicted molar refractivity (Wildman–Crippen MR) is 113 cm³/mol. The number of ether oxygens (including phenoxy) is 1. The highest BCUT2D eigenvalue weighted by molar-refractivity contribution is 7.54. The van der Waals surface area contributed by atoms with Gasteiger partial charge in [0.2, 0.25) is 0 Å². The number of methoxy groups -OCH3 is 1. The quantitative estimate of drug-likeness (QED) is 0.251. The minimum absolute atomic E-state index is 0.0757. The standard InChI is InChI=1S/C18H21Cl2N2O6P/c1-4-27-29(25,28-5-2)18(15-10-12(19)11-16(20)17(15)26-3)21-13-6-8-14(9-7-13)22(23)24/h6-11,18,21H,4-5H2,1-3H3. The second-order valence-electron chi connectivity index (χ2n) is 5.74. The Morgan fingerprint density at radius 3 is 2.21 bits per heavy atom. The van der Waals surface area contributed by atoms with Crippen LogP contribution in [0.2, 0.25) is 10.0 Å². The van der Waals surface area contributed by atoms with E-state index in [1.165, 1.54) is 37.4 Å². The van der Waals surface area contributed by atoms with Gasteiger partial charge in [-0.1, -0.05) is 23.2 Å². The SMILES string of the molecule is CCOP(=O)(OCC)C(Nc1ccc([N+](=O)[O-])cc1)c1cc(Cl)cc(Cl)c1OC. The van der Waals surface area contributed by atoms with E-state index in [0.717, 1.165) is 0 Å². The van der Waals surface area contributed by atoms with Crippen molar-refractivity contribution >= 4 is 42.2 Å². The summed E-state index contributed by atoms with van der Waals surface area (Å²) in [7, 11) is -2.35. The average molecular weight is 463 g/mol. The molecule has 0 aliphatic heterocycles. The number of halogens is 2. The number of anilines is 1. The van der Waals surface area contributed by atoms with Gasteiger partial charge in [0, 0.05) is 28.4 Å². The van der Waals surface area contributed by atoms with Crippen LogP contribution in [0.1, 0.15) is 25.2 Å². The van der Waals surface area contributed by atoms with E-state index in [1.807, 2.05) is 0 Å². The summed E-state index contributed by atoms with van der Waals surface area (Å²) in [6.45, 7) is 3.65. The monoisotopic (exact) mass is 462 g/mol. The molecule has 0 fully saturated rings. The van der Waals surface area contributed by atoms with Crippen molar-refractivity contribution in [2.24, 2.45) is 0 Å². The Bertz CT molecular complexity index is 900. The molecule has 1 atom stereocenters. The molecule has 0 aliphatic rings. The molecular weight excluding hydrogens is 442 g/mol. The van der Waals surface area contributed by atoms with E-state index >= 15 is 0 Å². The second kappa shape index (κ2) is 10.3. The maximum Gasteiger partial charge on any atom is 0.357 e. The summed E-state index contributed by atoms with van der Waals surface area (Å²) in [5, 5.41) is 14.5. The van der Waals surface area contributed by atoms with E-state index in [4.69, 9.17) is 37.0 Å². The molecule has 0 aliphatic carbocycles. The van der Waals surface area contributed by atoms with Crippen LogP contribution < -0.4 is 10.1 Å². The first-order chi connectivity index (χ1) is 13.8. The molecule has 158 valence electrons. The molecule has 29 heavy (non-hydrogen) atoms. The second-order valence-corrected chi connectivity index (χ2v) is 8.69. The molecule has 1 unspecified atom stereocenters. The molecule has 0 saturated carbocycles.